The fourth-order valence-electron chi connectivity index (χ4n) is 1.96. The fraction of sp³-hybridized carbons (Fsp3) is 0.294. The third kappa shape index (κ3) is 5.37. The summed E-state index contributed by atoms with van der Waals surface area (Å²) in [7, 11) is 0. The van der Waals surface area contributed by atoms with Crippen molar-refractivity contribution in [3.63, 3.8) is 0 Å². The van der Waals surface area contributed by atoms with E-state index in [0.29, 0.717) is 23.9 Å². The number of rotatable bonds is 7. The summed E-state index contributed by atoms with van der Waals surface area (Å²) < 4.78 is 19.2. The molecule has 0 aromatic heterocycles. The van der Waals surface area contributed by atoms with Gasteiger partial charge in [-0.05, 0) is 48.4 Å². The van der Waals surface area contributed by atoms with Crippen LogP contribution in [0, 0.1) is 5.82 Å². The highest BCUT2D eigenvalue weighted by Crippen LogP contribution is 2.18. The molecule has 1 N–H and O–H groups in total. The molecule has 0 atom stereocenters. The lowest BCUT2D eigenvalue weighted by Gasteiger charge is -2.09. The lowest BCUT2D eigenvalue weighted by atomic mass is 10.2. The van der Waals surface area contributed by atoms with E-state index < -0.39 is 0 Å². The third-order valence-electron chi connectivity index (χ3n) is 3.01. The second-order valence-electron chi connectivity index (χ2n) is 4.89. The summed E-state index contributed by atoms with van der Waals surface area (Å²) in [5.74, 6) is 0.259. The van der Waals surface area contributed by atoms with Crippen molar-refractivity contribution in [2.45, 2.75) is 26.5 Å². The molecule has 112 valence electrons. The first kappa shape index (κ1) is 15.8. The predicted octanol–water partition coefficient (Wildman–Crippen LogP) is 4.56. The molecular weight excluding hydrogens is 289 g/mol. The number of benzene rings is 2. The summed E-state index contributed by atoms with van der Waals surface area (Å²) in [6.07, 6.45) is 1.05. The van der Waals surface area contributed by atoms with Crippen molar-refractivity contribution in [2.24, 2.45) is 0 Å². The summed E-state index contributed by atoms with van der Waals surface area (Å²) >= 11 is 5.83. The molecular formula is C17H19ClFNO. The van der Waals surface area contributed by atoms with E-state index >= 15 is 0 Å². The molecule has 0 saturated carbocycles. The molecule has 2 rings (SSSR count). The standard InChI is InChI=1S/C17H19ClFNO/c1-2-7-20-11-14-8-16(19)10-17(9-14)21-12-13-3-5-15(18)6-4-13/h3-6,8-10,20H,2,7,11-12H2,1H3. The van der Waals surface area contributed by atoms with E-state index in [0.717, 1.165) is 24.1 Å². The van der Waals surface area contributed by atoms with Crippen LogP contribution in [0.2, 0.25) is 5.02 Å². The normalized spacial score (nSPS) is 10.6. The zero-order chi connectivity index (χ0) is 15.1. The first-order valence-electron chi connectivity index (χ1n) is 7.05. The Balaban J connectivity index is 1.97. The van der Waals surface area contributed by atoms with E-state index in [4.69, 9.17) is 16.3 Å². The van der Waals surface area contributed by atoms with Crippen LogP contribution < -0.4 is 10.1 Å². The van der Waals surface area contributed by atoms with Crippen molar-refractivity contribution in [3.8, 4) is 5.75 Å². The van der Waals surface area contributed by atoms with Crippen LogP contribution >= 0.6 is 11.6 Å². The smallest absolute Gasteiger partial charge is 0.127 e. The molecule has 0 fully saturated rings. The second kappa shape index (κ2) is 8.01. The highest BCUT2D eigenvalue weighted by Gasteiger charge is 2.03. The Bertz CT molecular complexity index is 572. The van der Waals surface area contributed by atoms with E-state index in [1.807, 2.05) is 30.3 Å². The first-order valence-corrected chi connectivity index (χ1v) is 7.42. The third-order valence-corrected chi connectivity index (χ3v) is 3.26. The molecule has 0 aliphatic heterocycles. The molecule has 0 spiro atoms. The van der Waals surface area contributed by atoms with Crippen LogP contribution in [0.3, 0.4) is 0 Å². The van der Waals surface area contributed by atoms with Gasteiger partial charge in [-0.25, -0.2) is 4.39 Å². The molecule has 0 bridgehead atoms. The summed E-state index contributed by atoms with van der Waals surface area (Å²) in [6, 6.07) is 12.2. The van der Waals surface area contributed by atoms with E-state index in [-0.39, 0.29) is 5.82 Å². The molecule has 2 nitrogen and oxygen atoms in total. The molecule has 0 amide bonds. The summed E-state index contributed by atoms with van der Waals surface area (Å²) in [5, 5.41) is 3.94. The Kier molecular flexibility index (Phi) is 6.03. The van der Waals surface area contributed by atoms with Crippen LogP contribution in [-0.4, -0.2) is 6.54 Å². The maximum absolute atomic E-state index is 13.6. The predicted molar refractivity (Wildman–Crippen MR) is 84.2 cm³/mol. The molecule has 2 aromatic carbocycles. The maximum atomic E-state index is 13.6. The highest BCUT2D eigenvalue weighted by molar-refractivity contribution is 6.30. The molecule has 0 saturated heterocycles. The Morgan fingerprint density at radius 3 is 2.57 bits per heavy atom. The Hall–Kier alpha value is -1.58. The Morgan fingerprint density at radius 2 is 1.86 bits per heavy atom. The molecule has 0 radical (unpaired) electrons. The van der Waals surface area contributed by atoms with Crippen molar-refractivity contribution in [1.29, 1.82) is 0 Å². The van der Waals surface area contributed by atoms with Gasteiger partial charge in [0.1, 0.15) is 18.2 Å². The number of nitrogens with one attached hydrogen (secondary N) is 1. The van der Waals surface area contributed by atoms with Crippen molar-refractivity contribution in [2.75, 3.05) is 6.54 Å². The van der Waals surface area contributed by atoms with Crippen LogP contribution in [0.1, 0.15) is 24.5 Å². The summed E-state index contributed by atoms with van der Waals surface area (Å²) in [6.45, 7) is 4.04. The van der Waals surface area contributed by atoms with Crippen molar-refractivity contribution in [3.05, 3.63) is 64.4 Å². The van der Waals surface area contributed by atoms with Crippen LogP contribution in [0.15, 0.2) is 42.5 Å². The molecule has 21 heavy (non-hydrogen) atoms. The van der Waals surface area contributed by atoms with Gasteiger partial charge in [0.25, 0.3) is 0 Å². The Morgan fingerprint density at radius 1 is 1.10 bits per heavy atom. The first-order chi connectivity index (χ1) is 10.2. The van der Waals surface area contributed by atoms with E-state index in [9.17, 15) is 4.39 Å². The van der Waals surface area contributed by atoms with Crippen LogP contribution in [0.4, 0.5) is 4.39 Å². The molecule has 0 aliphatic carbocycles. The van der Waals surface area contributed by atoms with Gasteiger partial charge < -0.3 is 10.1 Å². The van der Waals surface area contributed by atoms with Crippen LogP contribution in [-0.2, 0) is 13.2 Å². The Labute approximate surface area is 129 Å². The monoisotopic (exact) mass is 307 g/mol. The SMILES string of the molecule is CCCNCc1cc(F)cc(OCc2ccc(Cl)cc2)c1. The molecule has 2 aromatic rings. The number of hydrogen-bond donors (Lipinski definition) is 1. The lowest BCUT2D eigenvalue weighted by molar-refractivity contribution is 0.304. The van der Waals surface area contributed by atoms with Gasteiger partial charge in [0, 0.05) is 17.6 Å². The zero-order valence-corrected chi connectivity index (χ0v) is 12.8. The van der Waals surface area contributed by atoms with Crippen LogP contribution in [0.5, 0.6) is 5.75 Å². The molecule has 0 heterocycles. The van der Waals surface area contributed by atoms with Crippen molar-refractivity contribution in [1.82, 2.24) is 5.32 Å². The molecule has 0 unspecified atom stereocenters. The van der Waals surface area contributed by atoms with Gasteiger partial charge in [0.15, 0.2) is 0 Å². The second-order valence-corrected chi connectivity index (χ2v) is 5.32. The van der Waals surface area contributed by atoms with E-state index in [1.54, 1.807) is 0 Å². The number of halogens is 2. The van der Waals surface area contributed by atoms with Gasteiger partial charge in [-0.1, -0.05) is 30.7 Å². The van der Waals surface area contributed by atoms with Crippen molar-refractivity contribution < 1.29 is 9.13 Å². The van der Waals surface area contributed by atoms with Gasteiger partial charge in [0.05, 0.1) is 0 Å². The van der Waals surface area contributed by atoms with Crippen molar-refractivity contribution >= 4 is 11.6 Å². The van der Waals surface area contributed by atoms with Gasteiger partial charge in [-0.15, -0.1) is 0 Å². The quantitative estimate of drug-likeness (QED) is 0.757. The minimum absolute atomic E-state index is 0.281. The zero-order valence-electron chi connectivity index (χ0n) is 12.0. The topological polar surface area (TPSA) is 21.3 Å². The van der Waals surface area contributed by atoms with E-state index in [2.05, 4.69) is 12.2 Å². The minimum Gasteiger partial charge on any atom is -0.489 e. The largest absolute Gasteiger partial charge is 0.489 e. The lowest BCUT2D eigenvalue weighted by Crippen LogP contribution is -2.14. The van der Waals surface area contributed by atoms with Gasteiger partial charge in [-0.3, -0.25) is 0 Å². The van der Waals surface area contributed by atoms with Gasteiger partial charge in [0.2, 0.25) is 0 Å². The summed E-state index contributed by atoms with van der Waals surface area (Å²) in [4.78, 5) is 0. The van der Waals surface area contributed by atoms with Gasteiger partial charge >= 0.3 is 0 Å². The number of ether oxygens (including phenoxy) is 1. The fourth-order valence-corrected chi connectivity index (χ4v) is 2.09. The maximum Gasteiger partial charge on any atom is 0.127 e. The summed E-state index contributed by atoms with van der Waals surface area (Å²) in [5.41, 5.74) is 1.88. The minimum atomic E-state index is -0.281. The molecule has 0 aliphatic rings. The number of hydrogen-bond acceptors (Lipinski definition) is 2. The highest BCUT2D eigenvalue weighted by atomic mass is 35.5. The van der Waals surface area contributed by atoms with Gasteiger partial charge in [-0.2, -0.15) is 0 Å². The molecule has 4 heteroatoms. The average molecular weight is 308 g/mol. The van der Waals surface area contributed by atoms with E-state index in [1.165, 1.54) is 12.1 Å². The van der Waals surface area contributed by atoms with Crippen LogP contribution in [0.25, 0.3) is 0 Å². The average Bonchev–Trinajstić information content (AvgIpc) is 2.46.